The van der Waals surface area contributed by atoms with Crippen LogP contribution in [-0.4, -0.2) is 45.2 Å². The van der Waals surface area contributed by atoms with E-state index in [-0.39, 0.29) is 18.4 Å². The molecule has 0 radical (unpaired) electrons. The summed E-state index contributed by atoms with van der Waals surface area (Å²) in [4.78, 5) is 26.3. The fourth-order valence-corrected chi connectivity index (χ4v) is 2.80. The van der Waals surface area contributed by atoms with E-state index in [4.69, 9.17) is 9.47 Å². The Hall–Kier alpha value is -3.22. The monoisotopic (exact) mass is 355 g/mol. The van der Waals surface area contributed by atoms with E-state index in [0.717, 1.165) is 11.4 Å². The molecule has 7 heteroatoms. The van der Waals surface area contributed by atoms with Gasteiger partial charge in [-0.05, 0) is 36.4 Å². The molecule has 0 unspecified atom stereocenters. The molecule has 7 nitrogen and oxygen atoms in total. The molecule has 0 bridgehead atoms. The fourth-order valence-electron chi connectivity index (χ4n) is 2.80. The predicted octanol–water partition coefficient (Wildman–Crippen LogP) is 1.65. The number of amides is 2. The van der Waals surface area contributed by atoms with Crippen molar-refractivity contribution in [1.82, 2.24) is 5.32 Å². The molecular weight excluding hydrogens is 334 g/mol. The number of para-hydroxylation sites is 2. The summed E-state index contributed by atoms with van der Waals surface area (Å²) in [6.45, 7) is 0.409. The van der Waals surface area contributed by atoms with Gasteiger partial charge >= 0.3 is 0 Å². The van der Waals surface area contributed by atoms with Gasteiger partial charge in [0.15, 0.2) is 6.10 Å². The van der Waals surface area contributed by atoms with Gasteiger partial charge in [-0.1, -0.05) is 12.1 Å². The highest BCUT2D eigenvalue weighted by molar-refractivity contribution is 5.95. The number of hydrogen-bond acceptors (Lipinski definition) is 5. The van der Waals surface area contributed by atoms with Crippen LogP contribution in [0.25, 0.3) is 0 Å². The summed E-state index contributed by atoms with van der Waals surface area (Å²) in [5.74, 6) is 0.908. The van der Waals surface area contributed by atoms with E-state index >= 15 is 0 Å². The van der Waals surface area contributed by atoms with Gasteiger partial charge in [0.1, 0.15) is 11.5 Å². The molecule has 0 aromatic heterocycles. The van der Waals surface area contributed by atoms with Gasteiger partial charge < -0.3 is 25.0 Å². The molecule has 0 fully saturated rings. The van der Waals surface area contributed by atoms with E-state index in [1.165, 1.54) is 0 Å². The average molecular weight is 355 g/mol. The van der Waals surface area contributed by atoms with Crippen molar-refractivity contribution in [2.24, 2.45) is 0 Å². The fraction of sp³-hybridized carbons (Fsp3) is 0.263. The highest BCUT2D eigenvalue weighted by Crippen LogP contribution is 2.33. The summed E-state index contributed by atoms with van der Waals surface area (Å²) in [5, 5.41) is 5.44. The number of likely N-dealkylation sites (N-methyl/N-ethyl adjacent to an activating group) is 1. The Bertz CT molecular complexity index is 792. The molecule has 0 aliphatic carbocycles. The summed E-state index contributed by atoms with van der Waals surface area (Å²) >= 11 is 0. The number of benzene rings is 2. The van der Waals surface area contributed by atoms with Gasteiger partial charge in [-0.2, -0.15) is 0 Å². The van der Waals surface area contributed by atoms with Crippen LogP contribution in [0.15, 0.2) is 48.5 Å². The maximum absolute atomic E-state index is 12.5. The van der Waals surface area contributed by atoms with E-state index in [1.807, 2.05) is 23.1 Å². The molecule has 26 heavy (non-hydrogen) atoms. The van der Waals surface area contributed by atoms with Crippen molar-refractivity contribution in [3.05, 3.63) is 48.5 Å². The third-order valence-corrected chi connectivity index (χ3v) is 4.11. The number of rotatable bonds is 5. The third kappa shape index (κ3) is 3.88. The van der Waals surface area contributed by atoms with Crippen molar-refractivity contribution >= 4 is 23.2 Å². The lowest BCUT2D eigenvalue weighted by Crippen LogP contribution is -2.50. The van der Waals surface area contributed by atoms with Crippen LogP contribution in [-0.2, 0) is 9.59 Å². The molecule has 2 aromatic carbocycles. The summed E-state index contributed by atoms with van der Waals surface area (Å²) in [6.07, 6.45) is -0.663. The summed E-state index contributed by atoms with van der Waals surface area (Å²) in [6, 6.07) is 14.5. The van der Waals surface area contributed by atoms with Crippen molar-refractivity contribution in [2.45, 2.75) is 6.10 Å². The lowest BCUT2D eigenvalue weighted by Gasteiger charge is -2.34. The Morgan fingerprint density at radius 1 is 1.19 bits per heavy atom. The Balaban J connectivity index is 1.72. The standard InChI is InChI=1S/C19H21N3O4/c1-20-19(24)17-11-22(15-5-3-4-6-16(15)26-17)12-18(23)21-13-7-9-14(25-2)10-8-13/h3-10,17H,11-12H2,1-2H3,(H,20,24)(H,21,23)/t17-/m1/s1. The van der Waals surface area contributed by atoms with Gasteiger partial charge in [-0.3, -0.25) is 9.59 Å². The van der Waals surface area contributed by atoms with Gasteiger partial charge in [0.2, 0.25) is 5.91 Å². The minimum atomic E-state index is -0.663. The van der Waals surface area contributed by atoms with Crippen LogP contribution in [0, 0.1) is 0 Å². The smallest absolute Gasteiger partial charge is 0.262 e. The molecule has 2 aromatic rings. The van der Waals surface area contributed by atoms with E-state index in [1.54, 1.807) is 44.5 Å². The van der Waals surface area contributed by atoms with Gasteiger partial charge in [0, 0.05) is 12.7 Å². The maximum Gasteiger partial charge on any atom is 0.262 e. The first-order chi connectivity index (χ1) is 12.6. The molecule has 0 saturated heterocycles. The summed E-state index contributed by atoms with van der Waals surface area (Å²) in [5.41, 5.74) is 1.47. The Morgan fingerprint density at radius 2 is 1.92 bits per heavy atom. The van der Waals surface area contributed by atoms with Crippen LogP contribution in [0.4, 0.5) is 11.4 Å². The predicted molar refractivity (Wildman–Crippen MR) is 98.8 cm³/mol. The number of hydrogen-bond donors (Lipinski definition) is 2. The number of nitrogens with one attached hydrogen (secondary N) is 2. The molecular formula is C19H21N3O4. The van der Waals surface area contributed by atoms with Gasteiger partial charge in [-0.15, -0.1) is 0 Å². The van der Waals surface area contributed by atoms with Gasteiger partial charge in [0.25, 0.3) is 5.91 Å². The van der Waals surface area contributed by atoms with Crippen molar-refractivity contribution in [3.8, 4) is 11.5 Å². The van der Waals surface area contributed by atoms with Crippen molar-refractivity contribution < 1.29 is 19.1 Å². The minimum absolute atomic E-state index is 0.111. The lowest BCUT2D eigenvalue weighted by atomic mass is 10.1. The molecule has 0 spiro atoms. The van der Waals surface area contributed by atoms with E-state index < -0.39 is 6.10 Å². The molecule has 3 rings (SSSR count). The Labute approximate surface area is 151 Å². The van der Waals surface area contributed by atoms with Gasteiger partial charge in [-0.25, -0.2) is 0 Å². The zero-order chi connectivity index (χ0) is 18.5. The number of carbonyl (C=O) groups excluding carboxylic acids is 2. The Morgan fingerprint density at radius 3 is 2.62 bits per heavy atom. The van der Waals surface area contributed by atoms with Crippen LogP contribution in [0.2, 0.25) is 0 Å². The van der Waals surface area contributed by atoms with E-state index in [9.17, 15) is 9.59 Å². The number of fused-ring (bicyclic) bond motifs is 1. The average Bonchev–Trinajstić information content (AvgIpc) is 2.67. The highest BCUT2D eigenvalue weighted by Gasteiger charge is 2.30. The van der Waals surface area contributed by atoms with Crippen LogP contribution in [0.5, 0.6) is 11.5 Å². The molecule has 136 valence electrons. The van der Waals surface area contributed by atoms with Crippen LogP contribution < -0.4 is 25.0 Å². The zero-order valence-corrected chi connectivity index (χ0v) is 14.7. The number of nitrogens with zero attached hydrogens (tertiary/aromatic N) is 1. The number of anilines is 2. The van der Waals surface area contributed by atoms with Gasteiger partial charge in [0.05, 0.1) is 25.9 Å². The van der Waals surface area contributed by atoms with Crippen LogP contribution in [0.3, 0.4) is 0 Å². The van der Waals surface area contributed by atoms with Crippen molar-refractivity contribution in [2.75, 3.05) is 37.5 Å². The summed E-state index contributed by atoms with van der Waals surface area (Å²) < 4.78 is 10.8. The first-order valence-corrected chi connectivity index (χ1v) is 8.27. The molecule has 2 N–H and O–H groups in total. The largest absolute Gasteiger partial charge is 0.497 e. The normalized spacial score (nSPS) is 15.5. The van der Waals surface area contributed by atoms with Crippen molar-refractivity contribution in [1.29, 1.82) is 0 Å². The van der Waals surface area contributed by atoms with E-state index in [2.05, 4.69) is 10.6 Å². The lowest BCUT2D eigenvalue weighted by molar-refractivity contribution is -0.127. The first kappa shape index (κ1) is 17.6. The van der Waals surface area contributed by atoms with Crippen LogP contribution >= 0.6 is 0 Å². The second-order valence-electron chi connectivity index (χ2n) is 5.85. The number of carbonyl (C=O) groups is 2. The first-order valence-electron chi connectivity index (χ1n) is 8.27. The van der Waals surface area contributed by atoms with Crippen LogP contribution in [0.1, 0.15) is 0 Å². The third-order valence-electron chi connectivity index (χ3n) is 4.11. The van der Waals surface area contributed by atoms with Crippen molar-refractivity contribution in [3.63, 3.8) is 0 Å². The molecule has 1 aliphatic heterocycles. The zero-order valence-electron chi connectivity index (χ0n) is 14.7. The SMILES string of the molecule is CNC(=O)[C@H]1CN(CC(=O)Nc2ccc(OC)cc2)c2ccccc2O1. The molecule has 1 atom stereocenters. The second-order valence-corrected chi connectivity index (χ2v) is 5.85. The molecule has 1 aliphatic rings. The molecule has 2 amide bonds. The Kier molecular flexibility index (Phi) is 5.26. The topological polar surface area (TPSA) is 79.9 Å². The maximum atomic E-state index is 12.5. The quantitative estimate of drug-likeness (QED) is 0.852. The van der Waals surface area contributed by atoms with E-state index in [0.29, 0.717) is 18.0 Å². The number of ether oxygens (including phenoxy) is 2. The molecule has 1 heterocycles. The second kappa shape index (κ2) is 7.77. The number of methoxy groups -OCH3 is 1. The molecule has 0 saturated carbocycles. The summed E-state index contributed by atoms with van der Waals surface area (Å²) in [7, 11) is 3.15. The highest BCUT2D eigenvalue weighted by atomic mass is 16.5. The minimum Gasteiger partial charge on any atom is -0.497 e.